The molecule has 0 aromatic heterocycles. The van der Waals surface area contributed by atoms with Gasteiger partial charge in [-0.15, -0.1) is 0 Å². The molecule has 108 valence electrons. The van der Waals surface area contributed by atoms with Gasteiger partial charge in [-0.3, -0.25) is 0 Å². The van der Waals surface area contributed by atoms with Crippen LogP contribution in [0.4, 0.5) is 0 Å². The van der Waals surface area contributed by atoms with Gasteiger partial charge in [0.1, 0.15) is 0 Å². The van der Waals surface area contributed by atoms with Crippen LogP contribution in [-0.4, -0.2) is 20.2 Å². The normalized spacial score (nSPS) is 12.3. The maximum atomic E-state index is 11.4. The van der Waals surface area contributed by atoms with Gasteiger partial charge in [0.15, 0.2) is 0 Å². The summed E-state index contributed by atoms with van der Waals surface area (Å²) >= 11 is 0. The molecule has 0 saturated heterocycles. The van der Waals surface area contributed by atoms with E-state index in [1.807, 2.05) is 25.1 Å². The van der Waals surface area contributed by atoms with Gasteiger partial charge in [-0.1, -0.05) is 42.5 Å². The van der Waals surface area contributed by atoms with Gasteiger partial charge in [0.2, 0.25) is 5.76 Å². The first-order valence-electron chi connectivity index (χ1n) is 6.65. The quantitative estimate of drug-likeness (QED) is 0.369. The molecule has 0 N–H and O–H groups in total. The molecule has 0 bridgehead atoms. The predicted molar refractivity (Wildman–Crippen MR) is 84.7 cm³/mol. The van der Waals surface area contributed by atoms with Gasteiger partial charge in [-0.25, -0.2) is 4.79 Å². The van der Waals surface area contributed by atoms with Gasteiger partial charge in [-0.05, 0) is 41.0 Å². The number of rotatable bonds is 4. The summed E-state index contributed by atoms with van der Waals surface area (Å²) in [6.45, 7) is 1.99. The number of benzene rings is 2. The number of allylic oxidation sites excluding steroid dienone is 3. The monoisotopic (exact) mass is 282 g/mol. The molecule has 0 aliphatic heterocycles. The Bertz CT molecular complexity index is 711. The van der Waals surface area contributed by atoms with Crippen molar-refractivity contribution in [3.8, 4) is 0 Å². The number of carbonyl (C=O) groups is 1. The Morgan fingerprint density at radius 1 is 0.952 bits per heavy atom. The number of esters is 1. The van der Waals surface area contributed by atoms with E-state index < -0.39 is 5.97 Å². The van der Waals surface area contributed by atoms with E-state index in [-0.39, 0.29) is 5.76 Å². The average molecular weight is 282 g/mol. The maximum Gasteiger partial charge on any atom is 0.373 e. The van der Waals surface area contributed by atoms with Crippen molar-refractivity contribution in [3.63, 3.8) is 0 Å². The minimum Gasteiger partial charge on any atom is -0.490 e. The van der Waals surface area contributed by atoms with Crippen LogP contribution in [0.15, 0.2) is 60.4 Å². The van der Waals surface area contributed by atoms with Crippen molar-refractivity contribution in [2.75, 3.05) is 14.2 Å². The summed E-state index contributed by atoms with van der Waals surface area (Å²) in [5, 5.41) is 2.39. The summed E-state index contributed by atoms with van der Waals surface area (Å²) in [5.41, 5.74) is 2.14. The van der Waals surface area contributed by atoms with Gasteiger partial charge in [0.05, 0.1) is 14.2 Å². The first kappa shape index (κ1) is 14.9. The smallest absolute Gasteiger partial charge is 0.373 e. The lowest BCUT2D eigenvalue weighted by Crippen LogP contribution is -2.05. The molecular weight excluding hydrogens is 264 g/mol. The van der Waals surface area contributed by atoms with E-state index in [4.69, 9.17) is 4.74 Å². The lowest BCUT2D eigenvalue weighted by atomic mass is 10.0. The largest absolute Gasteiger partial charge is 0.490 e. The zero-order chi connectivity index (χ0) is 15.2. The zero-order valence-corrected chi connectivity index (χ0v) is 12.4. The minimum absolute atomic E-state index is 0.178. The lowest BCUT2D eigenvalue weighted by Gasteiger charge is -2.05. The Morgan fingerprint density at radius 3 is 2.33 bits per heavy atom. The minimum atomic E-state index is -0.486. The predicted octanol–water partition coefficient (Wildman–Crippen LogP) is 3.95. The van der Waals surface area contributed by atoms with E-state index in [1.54, 1.807) is 6.08 Å². The molecule has 2 aromatic carbocycles. The molecule has 2 rings (SSSR count). The van der Waals surface area contributed by atoms with Crippen molar-refractivity contribution in [1.82, 2.24) is 0 Å². The Labute approximate surface area is 124 Å². The van der Waals surface area contributed by atoms with Crippen LogP contribution in [0, 0.1) is 0 Å². The second-order valence-electron chi connectivity index (χ2n) is 4.64. The summed E-state index contributed by atoms with van der Waals surface area (Å²) in [6.07, 6.45) is 3.47. The van der Waals surface area contributed by atoms with E-state index >= 15 is 0 Å². The van der Waals surface area contributed by atoms with Crippen LogP contribution in [0.5, 0.6) is 0 Å². The molecule has 0 radical (unpaired) electrons. The molecule has 0 aliphatic carbocycles. The van der Waals surface area contributed by atoms with E-state index in [0.717, 1.165) is 11.1 Å². The molecule has 21 heavy (non-hydrogen) atoms. The highest BCUT2D eigenvalue weighted by Crippen LogP contribution is 2.21. The van der Waals surface area contributed by atoms with E-state index in [0.29, 0.717) is 0 Å². The topological polar surface area (TPSA) is 35.5 Å². The molecule has 0 fully saturated rings. The molecule has 0 aliphatic rings. The van der Waals surface area contributed by atoms with Crippen LogP contribution < -0.4 is 0 Å². The van der Waals surface area contributed by atoms with Gasteiger partial charge >= 0.3 is 5.97 Å². The SMILES string of the molecule is COC(=O)C(=CC=C(C)c1ccc2ccccc2c1)OC. The van der Waals surface area contributed by atoms with Gasteiger partial charge in [0.25, 0.3) is 0 Å². The summed E-state index contributed by atoms with van der Waals surface area (Å²) < 4.78 is 9.64. The van der Waals surface area contributed by atoms with E-state index in [2.05, 4.69) is 35.1 Å². The molecule has 0 unspecified atom stereocenters. The second kappa shape index (κ2) is 6.75. The number of hydrogen-bond acceptors (Lipinski definition) is 3. The molecule has 2 aromatic rings. The Balaban J connectivity index is 2.32. The molecule has 3 heteroatoms. The Kier molecular flexibility index (Phi) is 4.77. The summed E-state index contributed by atoms with van der Waals surface area (Å²) in [4.78, 5) is 11.4. The Morgan fingerprint density at radius 2 is 1.67 bits per heavy atom. The first-order valence-corrected chi connectivity index (χ1v) is 6.65. The number of carbonyl (C=O) groups excluding carboxylic acids is 1. The zero-order valence-electron chi connectivity index (χ0n) is 12.4. The standard InChI is InChI=1S/C18H18O3/c1-13(8-11-17(20-2)18(19)21-3)15-10-9-14-6-4-5-7-16(14)12-15/h4-12H,1-3H3. The van der Waals surface area contributed by atoms with E-state index in [1.165, 1.54) is 25.0 Å². The highest BCUT2D eigenvalue weighted by Gasteiger charge is 2.07. The van der Waals surface area contributed by atoms with Crippen molar-refractivity contribution in [1.29, 1.82) is 0 Å². The average Bonchev–Trinajstić information content (AvgIpc) is 2.54. The van der Waals surface area contributed by atoms with Crippen LogP contribution in [0.25, 0.3) is 16.3 Å². The van der Waals surface area contributed by atoms with Gasteiger partial charge < -0.3 is 9.47 Å². The highest BCUT2D eigenvalue weighted by atomic mass is 16.6. The summed E-state index contributed by atoms with van der Waals surface area (Å²) in [5.74, 6) is -0.308. The number of ether oxygens (including phenoxy) is 2. The molecular formula is C18H18O3. The van der Waals surface area contributed by atoms with Crippen molar-refractivity contribution in [2.24, 2.45) is 0 Å². The van der Waals surface area contributed by atoms with Crippen LogP contribution in [-0.2, 0) is 14.3 Å². The first-order chi connectivity index (χ1) is 10.2. The Hall–Kier alpha value is -2.55. The highest BCUT2D eigenvalue weighted by molar-refractivity contribution is 5.88. The lowest BCUT2D eigenvalue weighted by molar-refractivity contribution is -0.139. The van der Waals surface area contributed by atoms with Crippen LogP contribution in [0.3, 0.4) is 0 Å². The van der Waals surface area contributed by atoms with Crippen LogP contribution in [0.1, 0.15) is 12.5 Å². The molecule has 0 saturated carbocycles. The van der Waals surface area contributed by atoms with E-state index in [9.17, 15) is 4.79 Å². The molecule has 0 heterocycles. The van der Waals surface area contributed by atoms with Crippen molar-refractivity contribution < 1.29 is 14.3 Å². The third-order valence-electron chi connectivity index (χ3n) is 3.30. The second-order valence-corrected chi connectivity index (χ2v) is 4.64. The summed E-state index contributed by atoms with van der Waals surface area (Å²) in [7, 11) is 2.77. The van der Waals surface area contributed by atoms with Crippen LogP contribution >= 0.6 is 0 Å². The third kappa shape index (κ3) is 3.51. The van der Waals surface area contributed by atoms with Crippen molar-refractivity contribution in [3.05, 3.63) is 65.9 Å². The molecule has 3 nitrogen and oxygen atoms in total. The van der Waals surface area contributed by atoms with Crippen LogP contribution in [0.2, 0.25) is 0 Å². The fourth-order valence-electron chi connectivity index (χ4n) is 2.05. The third-order valence-corrected chi connectivity index (χ3v) is 3.30. The van der Waals surface area contributed by atoms with Gasteiger partial charge in [0, 0.05) is 0 Å². The fourth-order valence-corrected chi connectivity index (χ4v) is 2.05. The molecule has 0 amide bonds. The molecule has 0 spiro atoms. The number of hydrogen-bond donors (Lipinski definition) is 0. The van der Waals surface area contributed by atoms with Crippen molar-refractivity contribution >= 4 is 22.3 Å². The fraction of sp³-hybridized carbons (Fsp3) is 0.167. The van der Waals surface area contributed by atoms with Crippen molar-refractivity contribution in [2.45, 2.75) is 6.92 Å². The maximum absolute atomic E-state index is 11.4. The summed E-state index contributed by atoms with van der Waals surface area (Å²) in [6, 6.07) is 14.5. The van der Waals surface area contributed by atoms with Gasteiger partial charge in [-0.2, -0.15) is 0 Å². The number of methoxy groups -OCH3 is 2. The number of fused-ring (bicyclic) bond motifs is 1. The molecule has 0 atom stereocenters.